The Hall–Kier alpha value is -3.21. The first-order valence-electron chi connectivity index (χ1n) is 14.6. The van der Waals surface area contributed by atoms with Crippen LogP contribution in [0.25, 0.3) is 33.1 Å². The van der Waals surface area contributed by atoms with Gasteiger partial charge in [0, 0.05) is 54.1 Å². The molecule has 1 saturated heterocycles. The first-order chi connectivity index (χ1) is 20.0. The van der Waals surface area contributed by atoms with E-state index in [0.29, 0.717) is 18.6 Å². The van der Waals surface area contributed by atoms with Crippen LogP contribution in [0.1, 0.15) is 50.0 Å². The molecule has 0 saturated carbocycles. The lowest BCUT2D eigenvalue weighted by atomic mass is 10.1. The zero-order valence-electron chi connectivity index (χ0n) is 24.6. The SMILES string of the molecule is CC.CN(C)CCNC(=O)c1cc2ccc(-c3cc(NCCCN4CCCCC4)c4cnccc4n3)cc2n1SF. The second-order valence-electron chi connectivity index (χ2n) is 10.4. The molecule has 0 unspecified atom stereocenters. The van der Waals surface area contributed by atoms with Crippen LogP contribution in [0, 0.1) is 0 Å². The van der Waals surface area contributed by atoms with Gasteiger partial charge >= 0.3 is 0 Å². The van der Waals surface area contributed by atoms with E-state index in [-0.39, 0.29) is 23.9 Å². The minimum atomic E-state index is -0.299. The van der Waals surface area contributed by atoms with Crippen LogP contribution in [0.5, 0.6) is 0 Å². The van der Waals surface area contributed by atoms with Crippen molar-refractivity contribution in [2.75, 3.05) is 58.7 Å². The number of likely N-dealkylation sites (N-methyl/N-ethyl adjacent to an activating group) is 1. The van der Waals surface area contributed by atoms with E-state index in [4.69, 9.17) is 4.98 Å². The Labute approximate surface area is 247 Å². The lowest BCUT2D eigenvalue weighted by Gasteiger charge is -2.26. The van der Waals surface area contributed by atoms with Crippen molar-refractivity contribution < 1.29 is 8.68 Å². The van der Waals surface area contributed by atoms with Crippen LogP contribution in [0.15, 0.2) is 48.8 Å². The average Bonchev–Trinajstić information content (AvgIpc) is 3.38. The maximum absolute atomic E-state index is 14.1. The van der Waals surface area contributed by atoms with Gasteiger partial charge in [-0.25, -0.2) is 4.98 Å². The predicted molar refractivity (Wildman–Crippen MR) is 170 cm³/mol. The third kappa shape index (κ3) is 7.75. The largest absolute Gasteiger partial charge is 0.384 e. The Bertz CT molecular complexity index is 1440. The Kier molecular flexibility index (Phi) is 11.4. The van der Waals surface area contributed by atoms with Gasteiger partial charge in [-0.3, -0.25) is 13.8 Å². The summed E-state index contributed by atoms with van der Waals surface area (Å²) >= 11 is 0.0349. The molecule has 0 bridgehead atoms. The minimum Gasteiger partial charge on any atom is -0.384 e. The van der Waals surface area contributed by atoms with Gasteiger partial charge < -0.3 is 20.4 Å². The average molecular weight is 580 g/mol. The number of anilines is 1. The fraction of sp³-hybridized carbons (Fsp3) is 0.452. The lowest BCUT2D eigenvalue weighted by molar-refractivity contribution is 0.0945. The molecule has 1 aromatic carbocycles. The van der Waals surface area contributed by atoms with Gasteiger partial charge in [-0.1, -0.05) is 32.4 Å². The van der Waals surface area contributed by atoms with Crippen LogP contribution in [-0.2, 0) is 0 Å². The van der Waals surface area contributed by atoms with Gasteiger partial charge in [0.15, 0.2) is 12.3 Å². The van der Waals surface area contributed by atoms with Crippen molar-refractivity contribution in [3.8, 4) is 11.3 Å². The van der Waals surface area contributed by atoms with Crippen molar-refractivity contribution in [2.45, 2.75) is 39.5 Å². The maximum atomic E-state index is 14.1. The van der Waals surface area contributed by atoms with Crippen molar-refractivity contribution in [3.05, 3.63) is 54.5 Å². The molecule has 5 rings (SSSR count). The maximum Gasteiger partial charge on any atom is 0.268 e. The van der Waals surface area contributed by atoms with Gasteiger partial charge in [0.1, 0.15) is 5.69 Å². The van der Waals surface area contributed by atoms with E-state index in [1.165, 1.54) is 36.3 Å². The Morgan fingerprint density at radius 2 is 1.88 bits per heavy atom. The number of nitrogens with zero attached hydrogens (tertiary/aromatic N) is 5. The smallest absolute Gasteiger partial charge is 0.268 e. The monoisotopic (exact) mass is 579 g/mol. The summed E-state index contributed by atoms with van der Waals surface area (Å²) < 4.78 is 15.5. The van der Waals surface area contributed by atoms with Gasteiger partial charge in [-0.15, -0.1) is 3.89 Å². The van der Waals surface area contributed by atoms with E-state index in [1.54, 1.807) is 12.3 Å². The molecular weight excluding hydrogens is 537 g/mol. The summed E-state index contributed by atoms with van der Waals surface area (Å²) in [6.07, 6.45) is 8.59. The second-order valence-corrected chi connectivity index (χ2v) is 10.9. The molecule has 4 heterocycles. The highest BCUT2D eigenvalue weighted by atomic mass is 32.2. The van der Waals surface area contributed by atoms with Gasteiger partial charge in [0.2, 0.25) is 0 Å². The van der Waals surface area contributed by atoms with Crippen molar-refractivity contribution in [1.29, 1.82) is 0 Å². The zero-order valence-corrected chi connectivity index (χ0v) is 25.4. The highest BCUT2D eigenvalue weighted by Gasteiger charge is 2.18. The zero-order chi connectivity index (χ0) is 29.2. The molecule has 0 radical (unpaired) electrons. The number of hydrogen-bond donors (Lipinski definition) is 2. The van der Waals surface area contributed by atoms with Crippen LogP contribution >= 0.6 is 12.3 Å². The molecule has 0 spiro atoms. The normalized spacial score (nSPS) is 13.8. The number of likely N-dealkylation sites (tertiary alicyclic amines) is 1. The molecule has 1 aliphatic rings. The van der Waals surface area contributed by atoms with E-state index in [2.05, 4.69) is 20.5 Å². The standard InChI is InChI=1S/C29H36FN7OS.C2H6/c1-35(2)16-12-33-29(38)28-18-22-8-7-21(17-27(22)37(28)39-30)25-19-26(23-20-31-11-9-24(23)34-25)32-10-6-15-36-13-4-3-5-14-36;1-2/h7-9,11,17-20H,3-6,10,12-16H2,1-2H3,(H,32,34)(H,33,38);1-2H3. The fourth-order valence-corrected chi connectivity index (χ4v) is 5.57. The number of rotatable bonds is 11. The Balaban J connectivity index is 0.00000189. The van der Waals surface area contributed by atoms with Crippen LogP contribution in [0.3, 0.4) is 0 Å². The van der Waals surface area contributed by atoms with Crippen LogP contribution in [0.4, 0.5) is 9.57 Å². The first-order valence-corrected chi connectivity index (χ1v) is 15.3. The molecule has 2 N–H and O–H groups in total. The highest BCUT2D eigenvalue weighted by molar-refractivity contribution is 7.93. The quantitative estimate of drug-likeness (QED) is 0.204. The summed E-state index contributed by atoms with van der Waals surface area (Å²) in [6, 6.07) is 11.5. The Morgan fingerprint density at radius 3 is 2.63 bits per heavy atom. The number of benzene rings is 1. The number of fused-ring (bicyclic) bond motifs is 2. The molecule has 1 amide bonds. The number of amides is 1. The summed E-state index contributed by atoms with van der Waals surface area (Å²) in [7, 11) is 3.88. The molecule has 0 aliphatic carbocycles. The number of carbonyl (C=O) groups excluding carboxylic acids is 1. The number of halogens is 1. The van der Waals surface area contributed by atoms with Gasteiger partial charge in [0.05, 0.1) is 16.7 Å². The number of aromatic nitrogens is 3. The molecule has 10 heteroatoms. The third-order valence-corrected chi connectivity index (χ3v) is 7.76. The minimum absolute atomic E-state index is 0.0349. The lowest BCUT2D eigenvalue weighted by Crippen LogP contribution is -2.32. The van der Waals surface area contributed by atoms with Crippen molar-refractivity contribution in [3.63, 3.8) is 0 Å². The van der Waals surface area contributed by atoms with E-state index in [9.17, 15) is 8.68 Å². The Morgan fingerprint density at radius 1 is 1.07 bits per heavy atom. The number of nitrogens with one attached hydrogen (secondary N) is 2. The first kappa shape index (κ1) is 30.7. The number of pyridine rings is 2. The van der Waals surface area contributed by atoms with Gasteiger partial charge in [0.25, 0.3) is 5.91 Å². The molecule has 1 aliphatic heterocycles. The number of piperidine rings is 1. The molecule has 220 valence electrons. The molecule has 41 heavy (non-hydrogen) atoms. The summed E-state index contributed by atoms with van der Waals surface area (Å²) in [5.41, 5.74) is 4.37. The fourth-order valence-electron chi connectivity index (χ4n) is 5.12. The van der Waals surface area contributed by atoms with E-state index < -0.39 is 0 Å². The summed E-state index contributed by atoms with van der Waals surface area (Å²) in [4.78, 5) is 26.5. The van der Waals surface area contributed by atoms with Crippen LogP contribution < -0.4 is 10.6 Å². The third-order valence-electron chi connectivity index (χ3n) is 7.23. The van der Waals surface area contributed by atoms with E-state index in [0.717, 1.165) is 52.7 Å². The predicted octanol–water partition coefficient (Wildman–Crippen LogP) is 6.24. The van der Waals surface area contributed by atoms with Crippen LogP contribution in [-0.4, -0.2) is 83.0 Å². The molecule has 0 atom stereocenters. The van der Waals surface area contributed by atoms with Gasteiger partial charge in [-0.2, -0.15) is 0 Å². The summed E-state index contributed by atoms with van der Waals surface area (Å²) in [5, 5.41) is 8.25. The highest BCUT2D eigenvalue weighted by Crippen LogP contribution is 2.32. The molecule has 4 aromatic rings. The molecular formula is C31H42FN7OS. The van der Waals surface area contributed by atoms with Crippen molar-refractivity contribution in [2.24, 2.45) is 0 Å². The number of carbonyl (C=O) groups is 1. The van der Waals surface area contributed by atoms with Crippen LogP contribution in [0.2, 0.25) is 0 Å². The van der Waals surface area contributed by atoms with E-state index >= 15 is 0 Å². The molecule has 8 nitrogen and oxygen atoms in total. The van der Waals surface area contributed by atoms with Crippen molar-refractivity contribution in [1.82, 2.24) is 29.1 Å². The van der Waals surface area contributed by atoms with Gasteiger partial charge in [-0.05, 0) is 77.3 Å². The second kappa shape index (κ2) is 15.1. The summed E-state index contributed by atoms with van der Waals surface area (Å²) in [5.74, 6) is -0.299. The summed E-state index contributed by atoms with van der Waals surface area (Å²) in [6.45, 7) is 9.55. The number of hydrogen-bond acceptors (Lipinski definition) is 7. The van der Waals surface area contributed by atoms with E-state index in [1.807, 2.05) is 69.4 Å². The van der Waals surface area contributed by atoms with Crippen molar-refractivity contribution >= 4 is 45.7 Å². The topological polar surface area (TPSA) is 78.3 Å². The molecule has 3 aromatic heterocycles. The molecule has 1 fully saturated rings.